The summed E-state index contributed by atoms with van der Waals surface area (Å²) in [6, 6.07) is 11.8. The maximum atomic E-state index is 12.4. The van der Waals surface area contributed by atoms with Crippen LogP contribution in [0.4, 0.5) is 0 Å². The Morgan fingerprint density at radius 2 is 1.78 bits per heavy atom. The van der Waals surface area contributed by atoms with Gasteiger partial charge in [0.05, 0.1) is 0 Å². The quantitative estimate of drug-likeness (QED) is 0.723. The Bertz CT molecular complexity index is 880. The lowest BCUT2D eigenvalue weighted by Gasteiger charge is -2.34. The van der Waals surface area contributed by atoms with Gasteiger partial charge >= 0.3 is 0 Å². The predicted molar refractivity (Wildman–Crippen MR) is 110 cm³/mol. The highest BCUT2D eigenvalue weighted by atomic mass is 35.5. The molecule has 0 atom stereocenters. The molecule has 1 aromatic carbocycles. The van der Waals surface area contributed by atoms with Crippen LogP contribution in [0.15, 0.2) is 42.5 Å². The molecule has 2 aliphatic rings. The Morgan fingerprint density at radius 1 is 1.04 bits per heavy atom. The van der Waals surface area contributed by atoms with Crippen molar-refractivity contribution in [2.45, 2.75) is 12.8 Å². The fourth-order valence-electron chi connectivity index (χ4n) is 3.23. The number of piperazine rings is 1. The molecule has 1 saturated carbocycles. The zero-order valence-electron chi connectivity index (χ0n) is 14.9. The number of rotatable bonds is 4. The molecule has 2 amide bonds. The second kappa shape index (κ2) is 7.87. The van der Waals surface area contributed by atoms with Gasteiger partial charge in [-0.1, -0.05) is 23.7 Å². The largest absolute Gasteiger partial charge is 0.339 e. The minimum Gasteiger partial charge on any atom is -0.339 e. The summed E-state index contributed by atoms with van der Waals surface area (Å²) in [5.41, 5.74) is 1.08. The zero-order chi connectivity index (χ0) is 18.8. The van der Waals surface area contributed by atoms with Crippen molar-refractivity contribution in [1.29, 1.82) is 0 Å². The van der Waals surface area contributed by atoms with Crippen LogP contribution >= 0.6 is 22.9 Å². The van der Waals surface area contributed by atoms with Crippen LogP contribution < -0.4 is 0 Å². The van der Waals surface area contributed by atoms with E-state index < -0.39 is 0 Å². The SMILES string of the molecule is O=C(/C=C/c1ccc(-c2cccc(Cl)c2)s1)N1CCN(C(=O)C2CC2)CC1. The second-order valence-electron chi connectivity index (χ2n) is 6.97. The van der Waals surface area contributed by atoms with E-state index in [1.54, 1.807) is 17.4 Å². The number of hydrogen-bond acceptors (Lipinski definition) is 3. The van der Waals surface area contributed by atoms with Crippen molar-refractivity contribution >= 4 is 40.8 Å². The monoisotopic (exact) mass is 400 g/mol. The lowest BCUT2D eigenvalue weighted by Crippen LogP contribution is -2.50. The first-order valence-electron chi connectivity index (χ1n) is 9.22. The third-order valence-corrected chi connectivity index (χ3v) is 6.29. The van der Waals surface area contributed by atoms with Gasteiger partial charge in [0.15, 0.2) is 0 Å². The number of benzene rings is 1. The Balaban J connectivity index is 1.33. The number of carbonyl (C=O) groups excluding carboxylic acids is 2. The molecule has 2 heterocycles. The summed E-state index contributed by atoms with van der Waals surface area (Å²) < 4.78 is 0. The van der Waals surface area contributed by atoms with Crippen LogP contribution in [0.5, 0.6) is 0 Å². The summed E-state index contributed by atoms with van der Waals surface area (Å²) in [4.78, 5) is 30.4. The number of amides is 2. The molecule has 0 unspecified atom stereocenters. The van der Waals surface area contributed by atoms with Gasteiger partial charge in [0.1, 0.15) is 0 Å². The fourth-order valence-corrected chi connectivity index (χ4v) is 4.33. The predicted octanol–water partition coefficient (Wildman–Crippen LogP) is 4.16. The summed E-state index contributed by atoms with van der Waals surface area (Å²) in [5, 5.41) is 0.715. The molecule has 1 aliphatic heterocycles. The highest BCUT2D eigenvalue weighted by Gasteiger charge is 2.34. The van der Waals surface area contributed by atoms with Gasteiger partial charge < -0.3 is 9.80 Å². The van der Waals surface area contributed by atoms with Gasteiger partial charge in [-0.15, -0.1) is 11.3 Å². The molecular weight excluding hydrogens is 380 g/mol. The van der Waals surface area contributed by atoms with Gasteiger partial charge in [0.25, 0.3) is 0 Å². The fraction of sp³-hybridized carbons (Fsp3) is 0.333. The van der Waals surface area contributed by atoms with E-state index in [0.717, 1.165) is 28.2 Å². The van der Waals surface area contributed by atoms with Crippen LogP contribution in [-0.2, 0) is 9.59 Å². The first-order valence-corrected chi connectivity index (χ1v) is 10.4. The first-order chi connectivity index (χ1) is 13.1. The van der Waals surface area contributed by atoms with Crippen LogP contribution in [0.1, 0.15) is 17.7 Å². The standard InChI is InChI=1S/C21H21ClN2O2S/c22-17-3-1-2-16(14-17)19-8-6-18(27-19)7-9-20(25)23-10-12-24(13-11-23)21(26)15-4-5-15/h1-3,6-9,14-15H,4-5,10-13H2/b9-7+. The lowest BCUT2D eigenvalue weighted by atomic mass is 10.2. The van der Waals surface area contributed by atoms with Gasteiger partial charge in [-0.3, -0.25) is 9.59 Å². The molecule has 0 bridgehead atoms. The summed E-state index contributed by atoms with van der Waals surface area (Å²) in [7, 11) is 0. The Labute approximate surface area is 168 Å². The van der Waals surface area contributed by atoms with Crippen molar-refractivity contribution in [3.63, 3.8) is 0 Å². The van der Waals surface area contributed by atoms with Crippen molar-refractivity contribution in [3.05, 3.63) is 52.4 Å². The number of thiophene rings is 1. The van der Waals surface area contributed by atoms with Crippen LogP contribution in [-0.4, -0.2) is 47.8 Å². The van der Waals surface area contributed by atoms with Crippen molar-refractivity contribution in [3.8, 4) is 10.4 Å². The van der Waals surface area contributed by atoms with Gasteiger partial charge in [-0.2, -0.15) is 0 Å². The summed E-state index contributed by atoms with van der Waals surface area (Å²) in [6.45, 7) is 2.51. The average molecular weight is 401 g/mol. The van der Waals surface area contributed by atoms with E-state index in [1.165, 1.54) is 0 Å². The van der Waals surface area contributed by atoms with Crippen LogP contribution in [0.25, 0.3) is 16.5 Å². The third kappa shape index (κ3) is 4.42. The van der Waals surface area contributed by atoms with Crippen molar-refractivity contribution in [1.82, 2.24) is 9.80 Å². The average Bonchev–Trinajstić information content (AvgIpc) is 3.43. The molecule has 6 heteroatoms. The van der Waals surface area contributed by atoms with Crippen molar-refractivity contribution in [2.24, 2.45) is 5.92 Å². The molecule has 1 saturated heterocycles. The number of nitrogens with zero attached hydrogens (tertiary/aromatic N) is 2. The maximum absolute atomic E-state index is 12.4. The van der Waals surface area contributed by atoms with E-state index in [2.05, 4.69) is 0 Å². The van der Waals surface area contributed by atoms with Crippen LogP contribution in [0.2, 0.25) is 5.02 Å². The van der Waals surface area contributed by atoms with E-state index in [4.69, 9.17) is 11.6 Å². The topological polar surface area (TPSA) is 40.6 Å². The maximum Gasteiger partial charge on any atom is 0.246 e. The Morgan fingerprint density at radius 3 is 2.48 bits per heavy atom. The van der Waals surface area contributed by atoms with E-state index in [-0.39, 0.29) is 17.7 Å². The molecule has 27 heavy (non-hydrogen) atoms. The first kappa shape index (κ1) is 18.3. The van der Waals surface area contributed by atoms with E-state index in [1.807, 2.05) is 52.3 Å². The minimum atomic E-state index is 0.00577. The molecule has 2 aromatic rings. The Kier molecular flexibility index (Phi) is 5.32. The van der Waals surface area contributed by atoms with E-state index in [9.17, 15) is 9.59 Å². The van der Waals surface area contributed by atoms with E-state index in [0.29, 0.717) is 31.2 Å². The zero-order valence-corrected chi connectivity index (χ0v) is 16.5. The number of halogens is 1. The van der Waals surface area contributed by atoms with Gasteiger partial charge in [0.2, 0.25) is 11.8 Å². The second-order valence-corrected chi connectivity index (χ2v) is 8.52. The molecule has 0 radical (unpaired) electrons. The summed E-state index contributed by atoms with van der Waals surface area (Å²) in [6.07, 6.45) is 5.55. The molecular formula is C21H21ClN2O2S. The van der Waals surface area contributed by atoms with Gasteiger partial charge in [0, 0.05) is 52.9 Å². The van der Waals surface area contributed by atoms with Gasteiger partial charge in [-0.05, 0) is 48.7 Å². The molecule has 140 valence electrons. The Hall–Kier alpha value is -2.11. The van der Waals surface area contributed by atoms with Crippen molar-refractivity contribution in [2.75, 3.05) is 26.2 Å². The minimum absolute atomic E-state index is 0.00577. The normalized spacial score (nSPS) is 17.5. The summed E-state index contributed by atoms with van der Waals surface area (Å²) >= 11 is 7.69. The number of carbonyl (C=O) groups is 2. The third-order valence-electron chi connectivity index (χ3n) is 4.96. The lowest BCUT2D eigenvalue weighted by molar-refractivity contribution is -0.138. The molecule has 1 aliphatic carbocycles. The molecule has 0 N–H and O–H groups in total. The highest BCUT2D eigenvalue weighted by Crippen LogP contribution is 2.32. The smallest absolute Gasteiger partial charge is 0.246 e. The van der Waals surface area contributed by atoms with E-state index >= 15 is 0 Å². The summed E-state index contributed by atoms with van der Waals surface area (Å²) in [5.74, 6) is 0.524. The molecule has 4 nitrogen and oxygen atoms in total. The van der Waals surface area contributed by atoms with Crippen LogP contribution in [0.3, 0.4) is 0 Å². The molecule has 1 aromatic heterocycles. The molecule has 2 fully saturated rings. The number of hydrogen-bond donors (Lipinski definition) is 0. The molecule has 0 spiro atoms. The highest BCUT2D eigenvalue weighted by molar-refractivity contribution is 7.16. The van der Waals surface area contributed by atoms with Crippen LogP contribution in [0, 0.1) is 5.92 Å². The van der Waals surface area contributed by atoms with Gasteiger partial charge in [-0.25, -0.2) is 0 Å². The van der Waals surface area contributed by atoms with Crippen molar-refractivity contribution < 1.29 is 9.59 Å². The molecule has 4 rings (SSSR count).